The molecule has 0 aromatic heterocycles. The Bertz CT molecular complexity index is 4780. The van der Waals surface area contributed by atoms with Gasteiger partial charge < -0.3 is 34.3 Å². The summed E-state index contributed by atoms with van der Waals surface area (Å²) in [7, 11) is 0. The summed E-state index contributed by atoms with van der Waals surface area (Å²) >= 11 is 0. The number of para-hydroxylation sites is 4. The maximum Gasteiger partial charge on any atom is 0.384 e. The number of ether oxygens (including phenoxy) is 2. The first-order chi connectivity index (χ1) is 45.6. The van der Waals surface area contributed by atoms with Crippen molar-refractivity contribution in [2.24, 2.45) is 0 Å². The molecule has 0 aliphatic carbocycles. The fourth-order valence-electron chi connectivity index (χ4n) is 11.8. The van der Waals surface area contributed by atoms with Crippen LogP contribution in [0.25, 0.3) is 44.6 Å². The van der Waals surface area contributed by atoms with E-state index in [1.54, 1.807) is 18.2 Å². The summed E-state index contributed by atoms with van der Waals surface area (Å²) in [5, 5.41) is 30.6. The van der Waals surface area contributed by atoms with Crippen LogP contribution < -0.4 is 19.3 Å². The highest BCUT2D eigenvalue weighted by Crippen LogP contribution is 2.48. The Morgan fingerprint density at radius 1 is 0.452 bits per heavy atom. The summed E-state index contributed by atoms with van der Waals surface area (Å²) in [6.07, 6.45) is 10.8. The van der Waals surface area contributed by atoms with Gasteiger partial charge in [-0.05, 0) is 142 Å². The van der Waals surface area contributed by atoms with E-state index in [0.29, 0.717) is 11.1 Å². The number of nitriles is 1. The summed E-state index contributed by atoms with van der Waals surface area (Å²) in [5.74, 6) is -0.741. The van der Waals surface area contributed by atoms with E-state index >= 15 is 0 Å². The van der Waals surface area contributed by atoms with Crippen LogP contribution >= 0.6 is 0 Å². The molecular weight excluding hydrogens is 1150 g/mol. The zero-order chi connectivity index (χ0) is 64.2. The normalized spacial score (nSPS) is 14.9. The topological polar surface area (TPSA) is 145 Å². The molecule has 0 radical (unpaired) electrons. The molecule has 93 heavy (non-hydrogen) atoms. The van der Waals surface area contributed by atoms with Crippen molar-refractivity contribution in [3.8, 4) is 17.6 Å². The molecule has 448 valence electrons. The van der Waals surface area contributed by atoms with Crippen molar-refractivity contribution >= 4 is 92.1 Å². The van der Waals surface area contributed by atoms with Crippen molar-refractivity contribution in [1.82, 2.24) is 0 Å². The second kappa shape index (κ2) is 27.3. The summed E-state index contributed by atoms with van der Waals surface area (Å²) in [5.41, 5.74) is 11.6. The zero-order valence-corrected chi connectivity index (χ0v) is 50.1. The number of hydrogen-bond acceptors (Lipinski definition) is 8. The van der Waals surface area contributed by atoms with Crippen LogP contribution in [0.1, 0.15) is 49.3 Å². The molecule has 2 aliphatic heterocycles. The van der Waals surface area contributed by atoms with Gasteiger partial charge in [0.25, 0.3) is 0 Å². The van der Waals surface area contributed by atoms with Gasteiger partial charge in [-0.25, -0.2) is 16.2 Å². The van der Waals surface area contributed by atoms with E-state index in [1.165, 1.54) is 6.08 Å². The Morgan fingerprint density at radius 2 is 0.806 bits per heavy atom. The molecule has 11 heteroatoms. The van der Waals surface area contributed by atoms with Crippen molar-refractivity contribution in [2.45, 2.75) is 11.2 Å². The van der Waals surface area contributed by atoms with Crippen LogP contribution in [0.4, 0.5) is 34.1 Å². The zero-order valence-electron chi connectivity index (χ0n) is 50.1. The lowest BCUT2D eigenvalue weighted by Gasteiger charge is -2.36. The molecule has 2 N–H and O–H groups in total. The minimum absolute atomic E-state index is 0.320. The highest BCUT2D eigenvalue weighted by molar-refractivity contribution is 5.99. The van der Waals surface area contributed by atoms with Gasteiger partial charge in [0.2, 0.25) is 0 Å². The standard InChI is InChI=1S/C41H28N2O3.C38H27NO2.C3H3NO2/c42-28-31(40(44)45)26-29-16-19-33(20-17-29)41(32-10-4-1-5-11-32)25-24-38-37-22-21-36(27-30(37)18-23-39(38)46-41)43(34-12-6-2-7-13-34)35-14-8-3-9-15-35;40-27-28-16-19-31(20-17-28)38(30-10-4-1-5-11-30)25-24-36-35-22-21-34(26-29(35)18-23-37(36)41-38)39(32-12-6-2-7-13-32)33-14-8-3-9-15-33;1-4-2-3(5)6/h1-27H,(H,44,45);1-27H;2H2,(H,5,6)/b31-26-;;. The maximum absolute atomic E-state index is 11.4. The van der Waals surface area contributed by atoms with Gasteiger partial charge in [-0.3, -0.25) is 4.79 Å². The molecule has 2 atom stereocenters. The molecule has 11 nitrogen and oxygen atoms in total. The number of aldehydes is 1. The van der Waals surface area contributed by atoms with Crippen molar-refractivity contribution in [1.29, 1.82) is 5.26 Å². The summed E-state index contributed by atoms with van der Waals surface area (Å²) in [4.78, 5) is 39.2. The first kappa shape index (κ1) is 60.5. The number of fused-ring (bicyclic) bond motifs is 6. The second-order valence-corrected chi connectivity index (χ2v) is 21.9. The largest absolute Gasteiger partial charge is 0.477 e. The molecule has 0 bridgehead atoms. The molecule has 2 unspecified atom stereocenters. The molecule has 2 heterocycles. The predicted molar refractivity (Wildman–Crippen MR) is 370 cm³/mol. The number of rotatable bonds is 14. The average Bonchev–Trinajstić information content (AvgIpc) is 0.784. The van der Waals surface area contributed by atoms with E-state index in [2.05, 4.69) is 178 Å². The van der Waals surface area contributed by atoms with Crippen molar-refractivity contribution in [2.75, 3.05) is 16.3 Å². The number of carboxylic acids is 2. The van der Waals surface area contributed by atoms with Crippen LogP contribution in [0.3, 0.4) is 0 Å². The number of hydrogen-bond donors (Lipinski definition) is 2. The number of carbonyl (C=O) groups excluding carboxylic acids is 1. The number of carbonyl (C=O) groups is 3. The highest BCUT2D eigenvalue weighted by Gasteiger charge is 2.39. The second-order valence-electron chi connectivity index (χ2n) is 21.9. The van der Waals surface area contributed by atoms with Crippen LogP contribution in [0.2, 0.25) is 0 Å². The summed E-state index contributed by atoms with van der Waals surface area (Å²) in [6.45, 7) is 5.56. The lowest BCUT2D eigenvalue weighted by atomic mass is 9.83. The van der Waals surface area contributed by atoms with Crippen LogP contribution in [-0.2, 0) is 20.8 Å². The van der Waals surface area contributed by atoms with Gasteiger partial charge in [-0.1, -0.05) is 206 Å². The lowest BCUT2D eigenvalue weighted by molar-refractivity contribution is -0.135. The van der Waals surface area contributed by atoms with E-state index in [4.69, 9.17) is 21.2 Å². The van der Waals surface area contributed by atoms with Gasteiger partial charge in [0.05, 0.1) is 0 Å². The van der Waals surface area contributed by atoms with Gasteiger partial charge >= 0.3 is 18.5 Å². The highest BCUT2D eigenvalue weighted by atomic mass is 16.5. The first-order valence-corrected chi connectivity index (χ1v) is 30.0. The molecular formula is C82H58N4O7. The SMILES string of the molecule is N#C/C(=C/c1ccc(C2(c3ccccc3)C=Cc3c(ccc4cc(N(c5ccccc5)c5ccccc5)ccc34)O2)cc1)C(=O)O.O=Cc1ccc(C2(c3ccccc3)C=Cc3c(ccc4cc(N(c5ccccc5)c5ccccc5)ccc34)O2)cc1.[C-]#[N+]CC(=O)O. The molecule has 0 amide bonds. The molecule has 12 aromatic carbocycles. The van der Waals surface area contributed by atoms with Crippen LogP contribution in [-0.4, -0.2) is 35.0 Å². The fourth-order valence-corrected chi connectivity index (χ4v) is 11.8. The third kappa shape index (κ3) is 12.8. The monoisotopic (exact) mass is 1210 g/mol. The van der Waals surface area contributed by atoms with Gasteiger partial charge in [0, 0.05) is 73.1 Å². The number of aliphatic carboxylic acids is 2. The maximum atomic E-state index is 11.4. The minimum Gasteiger partial charge on any atom is -0.477 e. The van der Waals surface area contributed by atoms with Crippen LogP contribution in [0.5, 0.6) is 11.5 Å². The van der Waals surface area contributed by atoms with Crippen molar-refractivity contribution < 1.29 is 34.1 Å². The molecule has 0 fully saturated rings. The van der Waals surface area contributed by atoms with E-state index in [-0.39, 0.29) is 5.57 Å². The molecule has 0 saturated carbocycles. The van der Waals surface area contributed by atoms with Crippen molar-refractivity contribution in [3.05, 3.63) is 365 Å². The average molecular weight is 1210 g/mol. The number of nitrogens with zero attached hydrogens (tertiary/aromatic N) is 4. The molecule has 14 rings (SSSR count). The van der Waals surface area contributed by atoms with Gasteiger partial charge in [-0.15, -0.1) is 0 Å². The quantitative estimate of drug-likeness (QED) is 0.0467. The van der Waals surface area contributed by atoms with E-state index in [9.17, 15) is 24.8 Å². The van der Waals surface area contributed by atoms with Crippen LogP contribution in [0, 0.1) is 17.9 Å². The van der Waals surface area contributed by atoms with Gasteiger partial charge in [-0.2, -0.15) is 5.26 Å². The Morgan fingerprint density at radius 3 is 1.13 bits per heavy atom. The molecule has 0 spiro atoms. The Labute approximate surface area is 538 Å². The Hall–Kier alpha value is -12.8. The van der Waals surface area contributed by atoms with Crippen LogP contribution in [0.15, 0.2) is 309 Å². The summed E-state index contributed by atoms with van der Waals surface area (Å²) in [6, 6.07) is 100. The number of anilines is 6. The van der Waals surface area contributed by atoms with Crippen molar-refractivity contribution in [3.63, 3.8) is 0 Å². The van der Waals surface area contributed by atoms with E-state index in [1.807, 2.05) is 140 Å². The third-order valence-electron chi connectivity index (χ3n) is 16.2. The van der Waals surface area contributed by atoms with Gasteiger partial charge in [0.1, 0.15) is 29.4 Å². The van der Waals surface area contributed by atoms with E-state index < -0.39 is 29.7 Å². The third-order valence-corrected chi connectivity index (χ3v) is 16.2. The van der Waals surface area contributed by atoms with E-state index in [0.717, 1.165) is 107 Å². The Balaban J connectivity index is 0.000000165. The smallest absolute Gasteiger partial charge is 0.384 e. The molecule has 0 saturated heterocycles. The number of benzene rings is 12. The van der Waals surface area contributed by atoms with Gasteiger partial charge in [0.15, 0.2) is 11.2 Å². The minimum atomic E-state index is -1.25. The first-order valence-electron chi connectivity index (χ1n) is 30.0. The molecule has 2 aliphatic rings. The summed E-state index contributed by atoms with van der Waals surface area (Å²) < 4.78 is 13.8. The predicted octanol–water partition coefficient (Wildman–Crippen LogP) is 19.1. The number of carboxylic acid groups (broad SMARTS) is 2. The Kier molecular flexibility index (Phi) is 17.7. The fraction of sp³-hybridized carbons (Fsp3) is 0.0366. The lowest BCUT2D eigenvalue weighted by Crippen LogP contribution is -2.34. The molecule has 12 aromatic rings.